The summed E-state index contributed by atoms with van der Waals surface area (Å²) in [5.74, 6) is 1.46. The maximum absolute atomic E-state index is 11.9. The molecular weight excluding hydrogens is 404 g/mol. The highest BCUT2D eigenvalue weighted by Gasteiger charge is 2.31. The van der Waals surface area contributed by atoms with Crippen LogP contribution in [0.3, 0.4) is 0 Å². The summed E-state index contributed by atoms with van der Waals surface area (Å²) in [7, 11) is 0. The lowest BCUT2D eigenvalue weighted by molar-refractivity contribution is -0.122. The molecule has 8 nitrogen and oxygen atoms in total. The topological polar surface area (TPSA) is 87.8 Å². The molecule has 2 N–H and O–H groups in total. The number of aromatic nitrogens is 2. The van der Waals surface area contributed by atoms with Gasteiger partial charge in [-0.05, 0) is 24.8 Å². The minimum absolute atomic E-state index is 0.112. The van der Waals surface area contributed by atoms with Gasteiger partial charge in [-0.1, -0.05) is 30.3 Å². The van der Waals surface area contributed by atoms with Crippen LogP contribution in [0.15, 0.2) is 30.3 Å². The molecule has 0 unspecified atom stereocenters. The predicted octanol–water partition coefficient (Wildman–Crippen LogP) is 1.57. The highest BCUT2D eigenvalue weighted by molar-refractivity contribution is 5.77. The monoisotopic (exact) mass is 436 g/mol. The van der Waals surface area contributed by atoms with Crippen molar-refractivity contribution < 1.29 is 9.53 Å². The van der Waals surface area contributed by atoms with Gasteiger partial charge < -0.3 is 20.3 Å². The molecule has 1 atom stereocenters. The number of fused-ring (bicyclic) bond motifs is 1. The molecule has 0 radical (unpaired) electrons. The first-order valence-electron chi connectivity index (χ1n) is 11.7. The van der Waals surface area contributed by atoms with E-state index in [-0.39, 0.29) is 11.8 Å². The van der Waals surface area contributed by atoms with Gasteiger partial charge in [0.15, 0.2) is 0 Å². The smallest absolute Gasteiger partial charge is 0.227 e. The molecule has 5 rings (SSSR count). The zero-order valence-electron chi connectivity index (χ0n) is 18.6. The van der Waals surface area contributed by atoms with Crippen LogP contribution in [-0.4, -0.2) is 66.7 Å². The van der Waals surface area contributed by atoms with E-state index in [0.29, 0.717) is 19.8 Å². The molecule has 3 aliphatic heterocycles. The Morgan fingerprint density at radius 3 is 2.66 bits per heavy atom. The number of hydrogen-bond donors (Lipinski definition) is 1. The number of nitrogens with zero attached hydrogens (tertiary/aromatic N) is 5. The van der Waals surface area contributed by atoms with E-state index in [2.05, 4.69) is 45.0 Å². The Morgan fingerprint density at radius 2 is 1.88 bits per heavy atom. The molecule has 2 fully saturated rings. The summed E-state index contributed by atoms with van der Waals surface area (Å²) in [6.07, 6.45) is 2.73. The minimum Gasteiger partial charge on any atom is -0.378 e. The lowest BCUT2D eigenvalue weighted by atomic mass is 9.96. The van der Waals surface area contributed by atoms with E-state index < -0.39 is 0 Å². The van der Waals surface area contributed by atoms with Crippen molar-refractivity contribution in [3.8, 4) is 0 Å². The Morgan fingerprint density at radius 1 is 1.06 bits per heavy atom. The average Bonchev–Trinajstić information content (AvgIpc) is 2.84. The van der Waals surface area contributed by atoms with Crippen LogP contribution in [0.2, 0.25) is 0 Å². The lowest BCUT2D eigenvalue weighted by Crippen LogP contribution is -2.43. The van der Waals surface area contributed by atoms with Gasteiger partial charge in [0.2, 0.25) is 11.9 Å². The molecule has 0 aliphatic carbocycles. The van der Waals surface area contributed by atoms with Crippen LogP contribution in [0.1, 0.15) is 29.7 Å². The quantitative estimate of drug-likeness (QED) is 0.761. The van der Waals surface area contributed by atoms with Crippen molar-refractivity contribution in [3.63, 3.8) is 0 Å². The van der Waals surface area contributed by atoms with Crippen molar-refractivity contribution in [2.45, 2.75) is 32.4 Å². The second kappa shape index (κ2) is 9.42. The molecular formula is C24H32N6O2. The van der Waals surface area contributed by atoms with Crippen molar-refractivity contribution in [2.75, 3.05) is 55.7 Å². The number of rotatable bonds is 5. The van der Waals surface area contributed by atoms with Gasteiger partial charge in [0.05, 0.1) is 24.8 Å². The van der Waals surface area contributed by atoms with E-state index >= 15 is 0 Å². The van der Waals surface area contributed by atoms with Gasteiger partial charge in [-0.3, -0.25) is 9.69 Å². The van der Waals surface area contributed by atoms with Crippen molar-refractivity contribution in [1.29, 1.82) is 0 Å². The van der Waals surface area contributed by atoms with Crippen LogP contribution < -0.4 is 15.5 Å². The van der Waals surface area contributed by atoms with Crippen LogP contribution in [-0.2, 0) is 29.0 Å². The van der Waals surface area contributed by atoms with Gasteiger partial charge in [0, 0.05) is 51.4 Å². The van der Waals surface area contributed by atoms with Crippen molar-refractivity contribution in [2.24, 2.45) is 11.7 Å². The van der Waals surface area contributed by atoms with E-state index in [1.165, 1.54) is 11.1 Å². The number of carbonyl (C=O) groups is 1. The van der Waals surface area contributed by atoms with Crippen molar-refractivity contribution in [3.05, 3.63) is 47.2 Å². The summed E-state index contributed by atoms with van der Waals surface area (Å²) < 4.78 is 5.54. The second-order valence-electron chi connectivity index (χ2n) is 9.01. The third-order valence-electron chi connectivity index (χ3n) is 6.78. The largest absolute Gasteiger partial charge is 0.378 e. The maximum Gasteiger partial charge on any atom is 0.227 e. The Balaban J connectivity index is 1.45. The van der Waals surface area contributed by atoms with E-state index in [1.807, 2.05) is 0 Å². The lowest BCUT2D eigenvalue weighted by Gasteiger charge is -2.37. The third kappa shape index (κ3) is 4.56. The number of primary amides is 1. The number of ether oxygens (including phenoxy) is 1. The Hall–Kier alpha value is -2.71. The van der Waals surface area contributed by atoms with Gasteiger partial charge >= 0.3 is 0 Å². The van der Waals surface area contributed by atoms with Crippen molar-refractivity contribution >= 4 is 17.7 Å². The first kappa shape index (κ1) is 21.2. The zero-order valence-corrected chi connectivity index (χ0v) is 18.6. The standard InChI is InChI=1S/C24H32N6O2/c25-22(31)19-7-4-9-30(16-19)23-20-8-10-28(15-18-5-2-1-3-6-18)17-21(20)26-24(27-23)29-11-13-32-14-12-29/h1-3,5-6,19H,4,7-17H2,(H2,25,31)/t19-/m1/s1. The van der Waals surface area contributed by atoms with Gasteiger partial charge in [-0.15, -0.1) is 0 Å². The molecule has 0 saturated carbocycles. The van der Waals surface area contributed by atoms with E-state index in [0.717, 1.165) is 76.0 Å². The summed E-state index contributed by atoms with van der Waals surface area (Å²) >= 11 is 0. The molecule has 4 heterocycles. The van der Waals surface area contributed by atoms with Crippen LogP contribution in [0.5, 0.6) is 0 Å². The fourth-order valence-corrected chi connectivity index (χ4v) is 5.00. The minimum atomic E-state index is -0.208. The highest BCUT2D eigenvalue weighted by atomic mass is 16.5. The Kier molecular flexibility index (Phi) is 6.23. The predicted molar refractivity (Wildman–Crippen MR) is 123 cm³/mol. The number of amides is 1. The van der Waals surface area contributed by atoms with Crippen LogP contribution in [0.25, 0.3) is 0 Å². The molecule has 2 aromatic rings. The molecule has 0 bridgehead atoms. The molecule has 8 heteroatoms. The SMILES string of the molecule is NC(=O)[C@@H]1CCCN(c2nc(N3CCOCC3)nc3c2CCN(Cc2ccccc2)C3)C1. The maximum atomic E-state index is 11.9. The van der Waals surface area contributed by atoms with Gasteiger partial charge in [-0.25, -0.2) is 4.98 Å². The molecule has 0 spiro atoms. The van der Waals surface area contributed by atoms with Gasteiger partial charge in [0.1, 0.15) is 5.82 Å². The van der Waals surface area contributed by atoms with Crippen molar-refractivity contribution in [1.82, 2.24) is 14.9 Å². The van der Waals surface area contributed by atoms with Gasteiger partial charge in [-0.2, -0.15) is 4.98 Å². The number of hydrogen-bond acceptors (Lipinski definition) is 7. The summed E-state index contributed by atoms with van der Waals surface area (Å²) in [5.41, 5.74) is 9.32. The van der Waals surface area contributed by atoms with E-state index in [9.17, 15) is 4.79 Å². The molecule has 1 aromatic heterocycles. The molecule has 32 heavy (non-hydrogen) atoms. The molecule has 2 saturated heterocycles. The Labute approximate surface area is 189 Å². The van der Waals surface area contributed by atoms with Gasteiger partial charge in [0.25, 0.3) is 0 Å². The summed E-state index contributed by atoms with van der Waals surface area (Å²) in [6.45, 7) is 7.25. The fraction of sp³-hybridized carbons (Fsp3) is 0.542. The third-order valence-corrected chi connectivity index (χ3v) is 6.78. The summed E-state index contributed by atoms with van der Waals surface area (Å²) in [5, 5.41) is 0. The number of morpholine rings is 1. The van der Waals surface area contributed by atoms with E-state index in [4.69, 9.17) is 20.4 Å². The summed E-state index contributed by atoms with van der Waals surface area (Å²) in [4.78, 5) is 28.9. The first-order valence-corrected chi connectivity index (χ1v) is 11.7. The van der Waals surface area contributed by atoms with Crippen LogP contribution >= 0.6 is 0 Å². The molecule has 3 aliphatic rings. The highest BCUT2D eigenvalue weighted by Crippen LogP contribution is 2.32. The zero-order chi connectivity index (χ0) is 21.9. The molecule has 170 valence electrons. The average molecular weight is 437 g/mol. The number of benzene rings is 1. The molecule has 1 amide bonds. The number of piperidine rings is 1. The fourth-order valence-electron chi connectivity index (χ4n) is 5.00. The van der Waals surface area contributed by atoms with Crippen LogP contribution in [0.4, 0.5) is 11.8 Å². The number of anilines is 2. The van der Waals surface area contributed by atoms with Crippen LogP contribution in [0, 0.1) is 5.92 Å². The first-order chi connectivity index (χ1) is 15.7. The molecule has 1 aromatic carbocycles. The number of carbonyl (C=O) groups excluding carboxylic acids is 1. The Bertz CT molecular complexity index is 947. The number of nitrogens with two attached hydrogens (primary N) is 1. The summed E-state index contributed by atoms with van der Waals surface area (Å²) in [6, 6.07) is 10.6. The van der Waals surface area contributed by atoms with E-state index in [1.54, 1.807) is 0 Å². The normalized spacial score (nSPS) is 21.9. The second-order valence-corrected chi connectivity index (χ2v) is 9.01.